The van der Waals surface area contributed by atoms with Gasteiger partial charge < -0.3 is 14.5 Å². The lowest BCUT2D eigenvalue weighted by molar-refractivity contribution is -0.0252. The maximum atomic E-state index is 5.72. The van der Waals surface area contributed by atoms with Crippen molar-refractivity contribution >= 4 is 0 Å². The molecule has 18 heavy (non-hydrogen) atoms. The van der Waals surface area contributed by atoms with Crippen LogP contribution in [0.15, 0.2) is 10.6 Å². The van der Waals surface area contributed by atoms with E-state index in [9.17, 15) is 0 Å². The van der Waals surface area contributed by atoms with Crippen LogP contribution < -0.4 is 5.32 Å². The summed E-state index contributed by atoms with van der Waals surface area (Å²) in [4.78, 5) is 4.29. The molecule has 0 unspecified atom stereocenters. The van der Waals surface area contributed by atoms with Crippen molar-refractivity contribution in [2.24, 2.45) is 5.92 Å². The molecule has 0 radical (unpaired) electrons. The first-order chi connectivity index (χ1) is 8.81. The minimum atomic E-state index is 0.480. The molecule has 1 N–H and O–H groups in total. The van der Waals surface area contributed by atoms with Crippen molar-refractivity contribution in [3.8, 4) is 0 Å². The van der Waals surface area contributed by atoms with E-state index in [4.69, 9.17) is 9.15 Å². The Hall–Kier alpha value is -0.870. The monoisotopic (exact) mass is 252 g/mol. The van der Waals surface area contributed by atoms with E-state index in [0.29, 0.717) is 12.0 Å². The lowest BCUT2D eigenvalue weighted by Gasteiger charge is -2.34. The van der Waals surface area contributed by atoms with E-state index in [1.807, 2.05) is 6.20 Å². The van der Waals surface area contributed by atoms with Gasteiger partial charge in [0.1, 0.15) is 5.76 Å². The van der Waals surface area contributed by atoms with Crippen LogP contribution in [-0.2, 0) is 17.7 Å². The van der Waals surface area contributed by atoms with Crippen LogP contribution in [0.3, 0.4) is 0 Å². The first-order valence-electron chi connectivity index (χ1n) is 7.07. The summed E-state index contributed by atoms with van der Waals surface area (Å²) >= 11 is 0. The van der Waals surface area contributed by atoms with Gasteiger partial charge in [0, 0.05) is 13.0 Å². The topological polar surface area (TPSA) is 47.3 Å². The second-order valence-electron chi connectivity index (χ2n) is 5.02. The molecule has 1 aliphatic rings. The molecule has 1 aromatic heterocycles. The van der Waals surface area contributed by atoms with Crippen molar-refractivity contribution in [1.82, 2.24) is 10.3 Å². The normalized spacial score (nSPS) is 23.0. The van der Waals surface area contributed by atoms with Crippen molar-refractivity contribution in [2.45, 2.75) is 52.2 Å². The van der Waals surface area contributed by atoms with Crippen LogP contribution in [0.25, 0.3) is 0 Å². The molecule has 1 aromatic rings. The summed E-state index contributed by atoms with van der Waals surface area (Å²) < 4.78 is 11.3. The fourth-order valence-electron chi connectivity index (χ4n) is 2.39. The van der Waals surface area contributed by atoms with Crippen molar-refractivity contribution in [3.63, 3.8) is 0 Å². The zero-order valence-corrected chi connectivity index (χ0v) is 11.4. The molecule has 1 saturated carbocycles. The molecular weight excluding hydrogens is 228 g/mol. The molecule has 1 heterocycles. The summed E-state index contributed by atoms with van der Waals surface area (Å²) in [5.41, 5.74) is 0. The van der Waals surface area contributed by atoms with Crippen LogP contribution >= 0.6 is 0 Å². The molecule has 1 aliphatic carbocycles. The van der Waals surface area contributed by atoms with E-state index in [1.54, 1.807) is 0 Å². The first-order valence-corrected chi connectivity index (χ1v) is 7.07. The van der Waals surface area contributed by atoms with E-state index in [2.05, 4.69) is 24.1 Å². The molecule has 4 heteroatoms. The predicted octanol–water partition coefficient (Wildman–Crippen LogP) is 2.53. The number of nitrogens with zero attached hydrogens (tertiary/aromatic N) is 1. The summed E-state index contributed by atoms with van der Waals surface area (Å²) in [6.45, 7) is 6.78. The Kier molecular flexibility index (Phi) is 5.20. The predicted molar refractivity (Wildman–Crippen MR) is 70.3 cm³/mol. The summed E-state index contributed by atoms with van der Waals surface area (Å²) in [7, 11) is 0. The zero-order valence-electron chi connectivity index (χ0n) is 11.4. The van der Waals surface area contributed by atoms with Gasteiger partial charge in [-0.05, 0) is 38.6 Å². The molecule has 0 aromatic carbocycles. The molecule has 4 nitrogen and oxygen atoms in total. The lowest BCUT2D eigenvalue weighted by Crippen LogP contribution is -2.32. The fourth-order valence-corrected chi connectivity index (χ4v) is 2.39. The minimum absolute atomic E-state index is 0.480. The van der Waals surface area contributed by atoms with Gasteiger partial charge in [0.25, 0.3) is 0 Å². The van der Waals surface area contributed by atoms with Gasteiger partial charge in [0.15, 0.2) is 0 Å². The zero-order chi connectivity index (χ0) is 12.8. The maximum absolute atomic E-state index is 5.72. The van der Waals surface area contributed by atoms with Gasteiger partial charge >= 0.3 is 0 Å². The second-order valence-corrected chi connectivity index (χ2v) is 5.02. The summed E-state index contributed by atoms with van der Waals surface area (Å²) in [6, 6.07) is 0. The van der Waals surface area contributed by atoms with Crippen molar-refractivity contribution in [1.29, 1.82) is 0 Å². The molecular formula is C14H24N2O2. The van der Waals surface area contributed by atoms with Gasteiger partial charge in [-0.2, -0.15) is 0 Å². The molecule has 0 bridgehead atoms. The van der Waals surface area contributed by atoms with E-state index >= 15 is 0 Å². The van der Waals surface area contributed by atoms with E-state index < -0.39 is 0 Å². The van der Waals surface area contributed by atoms with Crippen LogP contribution in [0.5, 0.6) is 0 Å². The third-order valence-electron chi connectivity index (χ3n) is 3.39. The Balaban J connectivity index is 1.68. The van der Waals surface area contributed by atoms with Gasteiger partial charge in [-0.3, -0.25) is 0 Å². The van der Waals surface area contributed by atoms with Crippen molar-refractivity contribution in [3.05, 3.63) is 17.8 Å². The smallest absolute Gasteiger partial charge is 0.208 e. The summed E-state index contributed by atoms with van der Waals surface area (Å²) in [6.07, 6.45) is 6.82. The van der Waals surface area contributed by atoms with Crippen LogP contribution in [0.1, 0.15) is 44.8 Å². The van der Waals surface area contributed by atoms with Crippen molar-refractivity contribution in [2.75, 3.05) is 13.2 Å². The largest absolute Gasteiger partial charge is 0.444 e. The Labute approximate surface area is 109 Å². The average Bonchev–Trinajstić information content (AvgIpc) is 2.75. The molecule has 0 spiro atoms. The number of hydrogen-bond acceptors (Lipinski definition) is 4. The van der Waals surface area contributed by atoms with Crippen molar-refractivity contribution < 1.29 is 9.15 Å². The van der Waals surface area contributed by atoms with E-state index in [-0.39, 0.29) is 0 Å². The Morgan fingerprint density at radius 1 is 1.44 bits per heavy atom. The number of nitrogens with one attached hydrogen (secondary N) is 1. The quantitative estimate of drug-likeness (QED) is 0.722. The number of rotatable bonds is 8. The van der Waals surface area contributed by atoms with Gasteiger partial charge in [-0.15, -0.1) is 0 Å². The number of aromatic nitrogens is 1. The van der Waals surface area contributed by atoms with Gasteiger partial charge in [-0.25, -0.2) is 4.98 Å². The summed E-state index contributed by atoms with van der Waals surface area (Å²) in [5, 5.41) is 3.29. The van der Waals surface area contributed by atoms with Gasteiger partial charge in [0.05, 0.1) is 18.8 Å². The minimum Gasteiger partial charge on any atom is -0.444 e. The SMILES string of the molecule is CCCNCc1ncc(CC2CC(OCC)C2)o1. The molecule has 0 saturated heterocycles. The highest BCUT2D eigenvalue weighted by Crippen LogP contribution is 2.32. The standard InChI is InChI=1S/C14H24N2O2/c1-3-5-15-10-14-16-9-13(18-14)8-11-6-12(7-11)17-4-2/h9,11-12,15H,3-8,10H2,1-2H3. The lowest BCUT2D eigenvalue weighted by atomic mass is 9.79. The average molecular weight is 252 g/mol. The molecule has 1 fully saturated rings. The van der Waals surface area contributed by atoms with Crippen LogP contribution in [0.2, 0.25) is 0 Å². The molecule has 102 valence electrons. The number of hydrogen-bond donors (Lipinski definition) is 1. The Morgan fingerprint density at radius 3 is 3.00 bits per heavy atom. The highest BCUT2D eigenvalue weighted by Gasteiger charge is 2.30. The molecule has 0 amide bonds. The highest BCUT2D eigenvalue weighted by atomic mass is 16.5. The first kappa shape index (κ1) is 13.6. The van der Waals surface area contributed by atoms with Gasteiger partial charge in [-0.1, -0.05) is 6.92 Å². The van der Waals surface area contributed by atoms with Crippen LogP contribution in [0.4, 0.5) is 0 Å². The van der Waals surface area contributed by atoms with E-state index in [0.717, 1.165) is 57.0 Å². The van der Waals surface area contributed by atoms with E-state index in [1.165, 1.54) is 0 Å². The highest BCUT2D eigenvalue weighted by molar-refractivity contribution is 4.98. The van der Waals surface area contributed by atoms with Crippen LogP contribution in [-0.4, -0.2) is 24.2 Å². The Bertz CT molecular complexity index is 345. The molecule has 2 rings (SSSR count). The summed E-state index contributed by atoms with van der Waals surface area (Å²) in [5.74, 6) is 2.54. The fraction of sp³-hybridized carbons (Fsp3) is 0.786. The molecule has 0 aliphatic heterocycles. The third-order valence-corrected chi connectivity index (χ3v) is 3.39. The maximum Gasteiger partial charge on any atom is 0.208 e. The molecule has 0 atom stereocenters. The Morgan fingerprint density at radius 2 is 2.28 bits per heavy atom. The third kappa shape index (κ3) is 3.82. The van der Waals surface area contributed by atoms with Crippen LogP contribution in [0, 0.1) is 5.92 Å². The second kappa shape index (κ2) is 6.90. The number of ether oxygens (including phenoxy) is 1. The number of oxazole rings is 1. The van der Waals surface area contributed by atoms with Gasteiger partial charge in [0.2, 0.25) is 5.89 Å².